The second kappa shape index (κ2) is 11.2. The molecule has 2 heterocycles. The largest absolute Gasteiger partial charge is 0.496 e. The van der Waals surface area contributed by atoms with Crippen LogP contribution in [0.15, 0.2) is 72.8 Å². The summed E-state index contributed by atoms with van der Waals surface area (Å²) in [5, 5.41) is 4.14. The summed E-state index contributed by atoms with van der Waals surface area (Å²) in [5.74, 6) is 1.33. The molecule has 0 saturated carbocycles. The van der Waals surface area contributed by atoms with Gasteiger partial charge in [0.05, 0.1) is 12.6 Å². The summed E-state index contributed by atoms with van der Waals surface area (Å²) in [6.07, 6.45) is 2.04. The van der Waals surface area contributed by atoms with E-state index in [0.29, 0.717) is 16.5 Å². The first-order valence-electron chi connectivity index (χ1n) is 13.3. The zero-order valence-corrected chi connectivity index (χ0v) is 25.7. The lowest BCUT2D eigenvalue weighted by molar-refractivity contribution is 0.139. The van der Waals surface area contributed by atoms with Crippen molar-refractivity contribution < 1.29 is 14.2 Å². The maximum Gasteiger partial charge on any atom is 0.198 e. The van der Waals surface area contributed by atoms with E-state index in [1.807, 2.05) is 49.4 Å². The standard InChI is InChI=1S/C34H35NO3S2/c1-20-10-8-9-11-24(20)33(39)38-23-13-14-25(28(18-23)36-6)26-15-16-27-30(21(2)19-34(4,5)35-27)31(26)32(37-7)29-17-12-22(3)40-29/h8-19,32,35H,1-7H3. The average molecular weight is 570 g/mol. The molecule has 1 aromatic heterocycles. The average Bonchev–Trinajstić information content (AvgIpc) is 3.34. The van der Waals surface area contributed by atoms with Crippen molar-refractivity contribution in [3.8, 4) is 22.6 Å². The smallest absolute Gasteiger partial charge is 0.198 e. The normalized spacial score (nSPS) is 14.5. The van der Waals surface area contributed by atoms with Gasteiger partial charge in [0, 0.05) is 50.9 Å². The van der Waals surface area contributed by atoms with E-state index < -0.39 is 0 Å². The van der Waals surface area contributed by atoms with Gasteiger partial charge in [0.25, 0.3) is 0 Å². The van der Waals surface area contributed by atoms with E-state index in [0.717, 1.165) is 43.9 Å². The van der Waals surface area contributed by atoms with Crippen molar-refractivity contribution in [2.45, 2.75) is 46.3 Å². The first-order chi connectivity index (χ1) is 19.1. The minimum Gasteiger partial charge on any atom is -0.496 e. The minimum absolute atomic E-state index is 0.149. The van der Waals surface area contributed by atoms with Crippen LogP contribution in [0, 0.1) is 13.8 Å². The van der Waals surface area contributed by atoms with Gasteiger partial charge in [-0.1, -0.05) is 36.4 Å². The van der Waals surface area contributed by atoms with Crippen LogP contribution in [0.4, 0.5) is 5.69 Å². The molecule has 0 aliphatic carbocycles. The summed E-state index contributed by atoms with van der Waals surface area (Å²) >= 11 is 7.39. The molecule has 1 unspecified atom stereocenters. The molecule has 1 aliphatic rings. The third-order valence-corrected chi connectivity index (χ3v) is 8.58. The van der Waals surface area contributed by atoms with E-state index in [-0.39, 0.29) is 11.6 Å². The van der Waals surface area contributed by atoms with Gasteiger partial charge in [-0.15, -0.1) is 11.3 Å². The number of hydrogen-bond acceptors (Lipinski definition) is 6. The number of benzene rings is 3. The van der Waals surface area contributed by atoms with E-state index in [1.54, 1.807) is 25.6 Å². The lowest BCUT2D eigenvalue weighted by Crippen LogP contribution is -2.32. The van der Waals surface area contributed by atoms with Crippen LogP contribution in [-0.4, -0.2) is 24.8 Å². The molecule has 0 amide bonds. The highest BCUT2D eigenvalue weighted by molar-refractivity contribution is 7.80. The van der Waals surface area contributed by atoms with Gasteiger partial charge < -0.3 is 19.5 Å². The van der Waals surface area contributed by atoms with Crippen LogP contribution >= 0.6 is 23.6 Å². The monoisotopic (exact) mass is 569 g/mol. The molecule has 0 spiro atoms. The van der Waals surface area contributed by atoms with Gasteiger partial charge in [-0.3, -0.25) is 0 Å². The van der Waals surface area contributed by atoms with Crippen LogP contribution in [0.2, 0.25) is 0 Å². The minimum atomic E-state index is -0.246. The molecule has 1 N–H and O–H groups in total. The predicted octanol–water partition coefficient (Wildman–Crippen LogP) is 9.14. The Kier molecular flexibility index (Phi) is 7.87. The van der Waals surface area contributed by atoms with Gasteiger partial charge in [0.15, 0.2) is 5.05 Å². The Balaban J connectivity index is 1.64. The Morgan fingerprint density at radius 3 is 2.35 bits per heavy atom. The molecular formula is C34H35NO3S2. The summed E-state index contributed by atoms with van der Waals surface area (Å²) < 4.78 is 18.3. The molecular weight excluding hydrogens is 535 g/mol. The molecule has 0 bridgehead atoms. The third kappa shape index (κ3) is 5.44. The van der Waals surface area contributed by atoms with Crippen molar-refractivity contribution in [2.75, 3.05) is 19.5 Å². The highest BCUT2D eigenvalue weighted by Crippen LogP contribution is 2.48. The predicted molar refractivity (Wildman–Crippen MR) is 171 cm³/mol. The van der Waals surface area contributed by atoms with Gasteiger partial charge in [-0.05, 0) is 93.9 Å². The maximum atomic E-state index is 6.25. The van der Waals surface area contributed by atoms with Crippen molar-refractivity contribution in [3.05, 3.63) is 105 Å². The zero-order valence-electron chi connectivity index (χ0n) is 24.0. The number of thiocarbonyl (C=S) groups is 1. The van der Waals surface area contributed by atoms with Crippen molar-refractivity contribution in [1.82, 2.24) is 0 Å². The van der Waals surface area contributed by atoms with Gasteiger partial charge in [-0.2, -0.15) is 0 Å². The van der Waals surface area contributed by atoms with Crippen molar-refractivity contribution in [2.24, 2.45) is 0 Å². The number of nitrogens with one attached hydrogen (secondary N) is 1. The Labute approximate surface area is 246 Å². The van der Waals surface area contributed by atoms with Crippen molar-refractivity contribution >= 4 is 39.9 Å². The molecule has 0 saturated heterocycles. The van der Waals surface area contributed by atoms with E-state index in [4.69, 9.17) is 26.4 Å². The van der Waals surface area contributed by atoms with E-state index in [9.17, 15) is 0 Å². The number of aryl methyl sites for hydroxylation is 2. The highest BCUT2D eigenvalue weighted by Gasteiger charge is 2.31. The summed E-state index contributed by atoms with van der Waals surface area (Å²) in [7, 11) is 3.47. The quantitative estimate of drug-likeness (QED) is 0.225. The number of thiophene rings is 1. The maximum absolute atomic E-state index is 6.25. The third-order valence-electron chi connectivity index (χ3n) is 7.23. The van der Waals surface area contributed by atoms with Crippen LogP contribution in [0.5, 0.6) is 11.5 Å². The number of ether oxygens (including phenoxy) is 3. The second-order valence-corrected chi connectivity index (χ2v) is 12.4. The van der Waals surface area contributed by atoms with Crippen LogP contribution in [-0.2, 0) is 4.74 Å². The molecule has 4 nitrogen and oxygen atoms in total. The SMILES string of the molecule is COc1cc(OC(=S)c2ccccc2C)ccc1-c1ccc2c(c1C(OC)c1ccc(C)s1)C(C)=CC(C)(C)N2. The summed E-state index contributed by atoms with van der Waals surface area (Å²) in [6.45, 7) is 10.7. The molecule has 4 aromatic rings. The molecule has 3 aromatic carbocycles. The van der Waals surface area contributed by atoms with Crippen LogP contribution in [0.25, 0.3) is 16.7 Å². The summed E-state index contributed by atoms with van der Waals surface area (Å²) in [6, 6.07) is 22.5. The Morgan fingerprint density at radius 1 is 0.925 bits per heavy atom. The number of fused-ring (bicyclic) bond motifs is 1. The molecule has 206 valence electrons. The number of methoxy groups -OCH3 is 2. The van der Waals surface area contributed by atoms with E-state index in [1.165, 1.54) is 10.5 Å². The molecule has 40 heavy (non-hydrogen) atoms. The Morgan fingerprint density at radius 2 is 1.68 bits per heavy atom. The number of rotatable bonds is 7. The molecule has 1 atom stereocenters. The number of hydrogen-bond donors (Lipinski definition) is 1. The van der Waals surface area contributed by atoms with Crippen molar-refractivity contribution in [3.63, 3.8) is 0 Å². The molecule has 5 rings (SSSR count). The first-order valence-corrected chi connectivity index (χ1v) is 14.5. The molecule has 6 heteroatoms. The van der Waals surface area contributed by atoms with E-state index >= 15 is 0 Å². The fourth-order valence-electron chi connectivity index (χ4n) is 5.54. The number of allylic oxidation sites excluding steroid dienone is 1. The first kappa shape index (κ1) is 28.1. The van der Waals surface area contributed by atoms with E-state index in [2.05, 4.69) is 63.4 Å². The van der Waals surface area contributed by atoms with Crippen molar-refractivity contribution in [1.29, 1.82) is 0 Å². The molecule has 1 aliphatic heterocycles. The number of anilines is 1. The fourth-order valence-corrected chi connectivity index (χ4v) is 6.83. The molecule has 0 radical (unpaired) electrons. The summed E-state index contributed by atoms with van der Waals surface area (Å²) in [4.78, 5) is 2.41. The molecule has 0 fully saturated rings. The Hall–Kier alpha value is -3.45. The van der Waals surface area contributed by atoms with Crippen LogP contribution in [0.1, 0.15) is 58.9 Å². The van der Waals surface area contributed by atoms with Gasteiger partial charge in [-0.25, -0.2) is 0 Å². The second-order valence-electron chi connectivity index (χ2n) is 10.8. The van der Waals surface area contributed by atoms with Crippen LogP contribution < -0.4 is 14.8 Å². The topological polar surface area (TPSA) is 39.7 Å². The zero-order chi connectivity index (χ0) is 28.6. The van der Waals surface area contributed by atoms with Gasteiger partial charge in [0.1, 0.15) is 17.6 Å². The van der Waals surface area contributed by atoms with Gasteiger partial charge in [0.2, 0.25) is 0 Å². The lowest BCUT2D eigenvalue weighted by atomic mass is 9.82. The van der Waals surface area contributed by atoms with Crippen LogP contribution in [0.3, 0.4) is 0 Å². The van der Waals surface area contributed by atoms with Gasteiger partial charge >= 0.3 is 0 Å². The fraction of sp³-hybridized carbons (Fsp3) is 0.265. The Bertz CT molecular complexity index is 1620. The lowest BCUT2D eigenvalue weighted by Gasteiger charge is -2.35. The summed E-state index contributed by atoms with van der Waals surface area (Å²) in [5.41, 5.74) is 8.44. The highest BCUT2D eigenvalue weighted by atomic mass is 32.1.